The van der Waals surface area contributed by atoms with Crippen molar-refractivity contribution in [3.8, 4) is 5.75 Å². The van der Waals surface area contributed by atoms with Crippen LogP contribution in [0.1, 0.15) is 22.8 Å². The van der Waals surface area contributed by atoms with E-state index in [1.54, 1.807) is 6.07 Å². The average molecular weight is 257 g/mol. The Balaban J connectivity index is 1.75. The Morgan fingerprint density at radius 1 is 1.37 bits per heavy atom. The van der Waals surface area contributed by atoms with Gasteiger partial charge < -0.3 is 15.0 Å². The van der Waals surface area contributed by atoms with Crippen molar-refractivity contribution in [1.29, 1.82) is 0 Å². The number of aromatic hydroxyl groups is 1. The maximum Gasteiger partial charge on any atom is 0.115 e. The highest BCUT2D eigenvalue weighted by Gasteiger charge is 2.17. The molecular weight excluding hydrogens is 238 g/mol. The minimum absolute atomic E-state index is 0.334. The maximum atomic E-state index is 9.47. The summed E-state index contributed by atoms with van der Waals surface area (Å²) in [5, 5.41) is 12.8. The van der Waals surface area contributed by atoms with E-state index in [1.807, 2.05) is 18.2 Å². The minimum Gasteiger partial charge on any atom is -0.508 e. The Bertz CT molecular complexity index is 589. The zero-order valence-electron chi connectivity index (χ0n) is 11.2. The molecule has 1 aromatic carbocycles. The van der Waals surface area contributed by atoms with Gasteiger partial charge in [-0.1, -0.05) is 12.1 Å². The molecular formula is C15H19N3O. The molecule has 0 fully saturated rings. The van der Waals surface area contributed by atoms with Gasteiger partial charge in [0.2, 0.25) is 0 Å². The predicted molar refractivity (Wildman–Crippen MR) is 74.1 cm³/mol. The number of nitrogens with zero attached hydrogens (tertiary/aromatic N) is 2. The summed E-state index contributed by atoms with van der Waals surface area (Å²) in [5.41, 5.74) is 3.71. The fraction of sp³-hybridized carbons (Fsp3) is 0.400. The summed E-state index contributed by atoms with van der Waals surface area (Å²) in [7, 11) is 2.11. The quantitative estimate of drug-likeness (QED) is 0.877. The molecule has 2 N–H and O–H groups in total. The molecule has 2 aromatic rings. The lowest BCUT2D eigenvalue weighted by Gasteiger charge is -2.13. The van der Waals surface area contributed by atoms with Gasteiger partial charge in [-0.2, -0.15) is 0 Å². The highest BCUT2D eigenvalue weighted by Crippen LogP contribution is 2.17. The van der Waals surface area contributed by atoms with Crippen LogP contribution >= 0.6 is 0 Å². The van der Waals surface area contributed by atoms with Crippen molar-refractivity contribution in [1.82, 2.24) is 14.9 Å². The van der Waals surface area contributed by atoms with Crippen LogP contribution in [0.25, 0.3) is 0 Å². The van der Waals surface area contributed by atoms with Gasteiger partial charge in [0.25, 0.3) is 0 Å². The Kier molecular flexibility index (Phi) is 3.25. The first-order chi connectivity index (χ1) is 9.24. The first kappa shape index (κ1) is 12.2. The van der Waals surface area contributed by atoms with Crippen molar-refractivity contribution >= 4 is 0 Å². The summed E-state index contributed by atoms with van der Waals surface area (Å²) in [5.74, 6) is 1.47. The van der Waals surface area contributed by atoms with Gasteiger partial charge in [0.05, 0.1) is 5.69 Å². The van der Waals surface area contributed by atoms with Crippen LogP contribution < -0.4 is 5.32 Å². The van der Waals surface area contributed by atoms with E-state index in [2.05, 4.69) is 16.9 Å². The topological polar surface area (TPSA) is 50.1 Å². The summed E-state index contributed by atoms with van der Waals surface area (Å²) in [4.78, 5) is 4.73. The van der Waals surface area contributed by atoms with Gasteiger partial charge in [-0.15, -0.1) is 0 Å². The lowest BCUT2D eigenvalue weighted by Crippen LogP contribution is -2.24. The zero-order chi connectivity index (χ0) is 13.2. The standard InChI is InChI=1S/C15H19N3O/c1-18-14-7-8-16-10-13(14)17-15(18)6-5-11-3-2-4-12(19)9-11/h2-4,9,16,19H,5-8,10H2,1H3. The molecule has 4 nitrogen and oxygen atoms in total. The highest BCUT2D eigenvalue weighted by atomic mass is 16.3. The monoisotopic (exact) mass is 257 g/mol. The molecule has 100 valence electrons. The predicted octanol–water partition coefficient (Wildman–Crippen LogP) is 1.56. The number of rotatable bonds is 3. The van der Waals surface area contributed by atoms with E-state index >= 15 is 0 Å². The summed E-state index contributed by atoms with van der Waals surface area (Å²) in [6.07, 6.45) is 2.88. The van der Waals surface area contributed by atoms with E-state index in [4.69, 9.17) is 4.98 Å². The third-order valence-corrected chi connectivity index (χ3v) is 3.77. The molecule has 0 saturated heterocycles. The van der Waals surface area contributed by atoms with Crippen molar-refractivity contribution in [3.05, 3.63) is 47.0 Å². The number of imidazole rings is 1. The van der Waals surface area contributed by atoms with E-state index in [1.165, 1.54) is 11.4 Å². The van der Waals surface area contributed by atoms with Gasteiger partial charge in [-0.05, 0) is 24.1 Å². The van der Waals surface area contributed by atoms with Gasteiger partial charge in [0, 0.05) is 38.7 Å². The minimum atomic E-state index is 0.334. The van der Waals surface area contributed by atoms with Crippen LogP contribution in [0.15, 0.2) is 24.3 Å². The summed E-state index contributed by atoms with van der Waals surface area (Å²) >= 11 is 0. The van der Waals surface area contributed by atoms with Crippen molar-refractivity contribution in [2.75, 3.05) is 6.54 Å². The molecule has 0 saturated carbocycles. The number of aryl methyl sites for hydroxylation is 2. The zero-order valence-corrected chi connectivity index (χ0v) is 11.2. The van der Waals surface area contributed by atoms with Crippen LogP contribution in [-0.4, -0.2) is 21.2 Å². The molecule has 0 aliphatic carbocycles. The third kappa shape index (κ3) is 2.49. The molecule has 1 aliphatic rings. The smallest absolute Gasteiger partial charge is 0.115 e. The molecule has 3 rings (SSSR count). The second-order valence-corrected chi connectivity index (χ2v) is 5.08. The van der Waals surface area contributed by atoms with Crippen LogP contribution in [0.2, 0.25) is 0 Å². The highest BCUT2D eigenvalue weighted by molar-refractivity contribution is 5.28. The second-order valence-electron chi connectivity index (χ2n) is 5.08. The summed E-state index contributed by atoms with van der Waals surface area (Å²) < 4.78 is 2.24. The van der Waals surface area contributed by atoms with Crippen LogP contribution in [-0.2, 0) is 32.9 Å². The van der Waals surface area contributed by atoms with Crippen molar-refractivity contribution in [2.45, 2.75) is 25.8 Å². The van der Waals surface area contributed by atoms with E-state index in [-0.39, 0.29) is 0 Å². The second kappa shape index (κ2) is 5.05. The SMILES string of the molecule is Cn1c(CCc2cccc(O)c2)nc2c1CCNC2. The fourth-order valence-corrected chi connectivity index (χ4v) is 2.70. The molecule has 4 heteroatoms. The van der Waals surface area contributed by atoms with Gasteiger partial charge in [-0.25, -0.2) is 4.98 Å². The van der Waals surface area contributed by atoms with Gasteiger partial charge in [-0.3, -0.25) is 0 Å². The number of hydrogen-bond donors (Lipinski definition) is 2. The van der Waals surface area contributed by atoms with Crippen LogP contribution in [0.5, 0.6) is 5.75 Å². The van der Waals surface area contributed by atoms with Gasteiger partial charge in [0.15, 0.2) is 0 Å². The van der Waals surface area contributed by atoms with Gasteiger partial charge >= 0.3 is 0 Å². The first-order valence-corrected chi connectivity index (χ1v) is 6.76. The van der Waals surface area contributed by atoms with Crippen LogP contribution in [0.4, 0.5) is 0 Å². The molecule has 0 amide bonds. The molecule has 2 heterocycles. The number of hydrogen-bond acceptors (Lipinski definition) is 3. The van der Waals surface area contributed by atoms with Crippen molar-refractivity contribution < 1.29 is 5.11 Å². The number of phenolic OH excluding ortho intramolecular Hbond substituents is 1. The Morgan fingerprint density at radius 2 is 2.26 bits per heavy atom. The average Bonchev–Trinajstić information content (AvgIpc) is 2.74. The van der Waals surface area contributed by atoms with E-state index in [0.717, 1.165) is 43.7 Å². The lowest BCUT2D eigenvalue weighted by molar-refractivity contribution is 0.474. The molecule has 19 heavy (non-hydrogen) atoms. The summed E-state index contributed by atoms with van der Waals surface area (Å²) in [6, 6.07) is 7.46. The number of phenols is 1. The molecule has 1 aliphatic heterocycles. The van der Waals surface area contributed by atoms with Crippen LogP contribution in [0, 0.1) is 0 Å². The number of aromatic nitrogens is 2. The molecule has 0 atom stereocenters. The number of nitrogens with one attached hydrogen (secondary N) is 1. The molecule has 0 unspecified atom stereocenters. The Hall–Kier alpha value is -1.81. The molecule has 0 spiro atoms. The largest absolute Gasteiger partial charge is 0.508 e. The Morgan fingerprint density at radius 3 is 3.05 bits per heavy atom. The maximum absolute atomic E-state index is 9.47. The molecule has 0 radical (unpaired) electrons. The molecule has 1 aromatic heterocycles. The van der Waals surface area contributed by atoms with Gasteiger partial charge in [0.1, 0.15) is 11.6 Å². The van der Waals surface area contributed by atoms with Crippen LogP contribution in [0.3, 0.4) is 0 Å². The number of benzene rings is 1. The van der Waals surface area contributed by atoms with E-state index in [9.17, 15) is 5.11 Å². The fourth-order valence-electron chi connectivity index (χ4n) is 2.70. The Labute approximate surface area is 113 Å². The van der Waals surface area contributed by atoms with E-state index in [0.29, 0.717) is 5.75 Å². The summed E-state index contributed by atoms with van der Waals surface area (Å²) in [6.45, 7) is 1.92. The molecule has 0 bridgehead atoms. The van der Waals surface area contributed by atoms with E-state index < -0.39 is 0 Å². The van der Waals surface area contributed by atoms with Crippen molar-refractivity contribution in [3.63, 3.8) is 0 Å². The first-order valence-electron chi connectivity index (χ1n) is 6.76. The normalized spacial score (nSPS) is 14.4. The van der Waals surface area contributed by atoms with Crippen molar-refractivity contribution in [2.24, 2.45) is 7.05 Å². The lowest BCUT2D eigenvalue weighted by atomic mass is 10.1. The third-order valence-electron chi connectivity index (χ3n) is 3.77. The number of fused-ring (bicyclic) bond motifs is 1.